The molecule has 0 rings (SSSR count). The van der Waals surface area contributed by atoms with Gasteiger partial charge in [0.2, 0.25) is 0 Å². The van der Waals surface area contributed by atoms with E-state index >= 15 is 0 Å². The average molecular weight is 275 g/mol. The number of alkyl carbamates (subject to hydrolysis) is 1. The molecular weight excluding hydrogens is 254 g/mol. The Bertz CT molecular complexity index is 271. The minimum Gasteiger partial charge on any atom is -0.464 e. The summed E-state index contributed by atoms with van der Waals surface area (Å²) in [6.45, 7) is 5.82. The molecule has 1 unspecified atom stereocenters. The third kappa shape index (κ3) is 8.00. The first kappa shape index (κ1) is 16.8. The molecule has 1 N–H and O–H groups in total. The molecule has 18 heavy (non-hydrogen) atoms. The van der Waals surface area contributed by atoms with Crippen LogP contribution in [0.4, 0.5) is 4.79 Å². The van der Waals surface area contributed by atoms with Crippen LogP contribution in [-0.4, -0.2) is 43.3 Å². The van der Waals surface area contributed by atoms with Gasteiger partial charge in [-0.3, -0.25) is 0 Å². The van der Waals surface area contributed by atoms with Gasteiger partial charge < -0.3 is 14.8 Å². The Hall–Kier alpha value is -1.17. The zero-order valence-electron chi connectivity index (χ0n) is 10.9. The summed E-state index contributed by atoms with van der Waals surface area (Å²) in [5.74, 6) is 0.342. The van der Waals surface area contributed by atoms with E-state index in [0.717, 1.165) is 12.2 Å². The highest BCUT2D eigenvalue weighted by atomic mass is 32.2. The lowest BCUT2D eigenvalue weighted by molar-refractivity contribution is -0.146. The second-order valence-corrected chi connectivity index (χ2v) is 4.52. The number of hydrogen-bond donors (Lipinski definition) is 1. The zero-order valence-corrected chi connectivity index (χ0v) is 11.8. The van der Waals surface area contributed by atoms with E-state index in [-0.39, 0.29) is 6.61 Å². The van der Waals surface area contributed by atoms with Gasteiger partial charge >= 0.3 is 12.1 Å². The van der Waals surface area contributed by atoms with Gasteiger partial charge in [-0.25, -0.2) is 9.59 Å². The van der Waals surface area contributed by atoms with Gasteiger partial charge in [-0.1, -0.05) is 19.6 Å². The topological polar surface area (TPSA) is 64.6 Å². The number of esters is 1. The number of rotatable bonds is 9. The minimum atomic E-state index is -0.652. The highest BCUT2D eigenvalue weighted by molar-refractivity contribution is 7.98. The van der Waals surface area contributed by atoms with Crippen molar-refractivity contribution in [1.82, 2.24) is 5.32 Å². The van der Waals surface area contributed by atoms with Crippen LogP contribution in [0.15, 0.2) is 12.7 Å². The Balaban J connectivity index is 4.23. The summed E-state index contributed by atoms with van der Waals surface area (Å²) in [6, 6.07) is -0.652. The van der Waals surface area contributed by atoms with E-state index in [1.165, 1.54) is 6.08 Å². The molecule has 0 aromatic heterocycles. The predicted octanol–water partition coefficient (Wildman–Crippen LogP) is 1.97. The van der Waals surface area contributed by atoms with Crippen LogP contribution in [0.1, 0.15) is 19.8 Å². The van der Waals surface area contributed by atoms with E-state index in [0.29, 0.717) is 13.0 Å². The van der Waals surface area contributed by atoms with Crippen molar-refractivity contribution in [2.24, 2.45) is 0 Å². The van der Waals surface area contributed by atoms with E-state index in [9.17, 15) is 9.59 Å². The van der Waals surface area contributed by atoms with Crippen LogP contribution in [0.3, 0.4) is 0 Å². The van der Waals surface area contributed by atoms with Crippen LogP contribution in [0, 0.1) is 0 Å². The minimum absolute atomic E-state index is 0.116. The lowest BCUT2D eigenvalue weighted by atomic mass is 10.2. The first-order valence-electron chi connectivity index (χ1n) is 5.85. The molecule has 0 aromatic rings. The Morgan fingerprint density at radius 1 is 1.44 bits per heavy atom. The van der Waals surface area contributed by atoms with Gasteiger partial charge in [-0.2, -0.15) is 11.8 Å². The lowest BCUT2D eigenvalue weighted by Gasteiger charge is -2.16. The summed E-state index contributed by atoms with van der Waals surface area (Å²) in [6.07, 6.45) is 4.04. The van der Waals surface area contributed by atoms with Gasteiger partial charge in [0.05, 0.1) is 6.61 Å². The molecule has 1 atom stereocenters. The molecule has 0 saturated heterocycles. The Morgan fingerprint density at radius 2 is 2.17 bits per heavy atom. The zero-order chi connectivity index (χ0) is 13.8. The van der Waals surface area contributed by atoms with E-state index in [2.05, 4.69) is 11.9 Å². The fourth-order valence-electron chi connectivity index (χ4n) is 1.11. The second kappa shape index (κ2) is 11.0. The van der Waals surface area contributed by atoms with Gasteiger partial charge in [-0.05, 0) is 24.9 Å². The van der Waals surface area contributed by atoms with E-state index < -0.39 is 18.1 Å². The molecule has 5 nitrogen and oxygen atoms in total. The van der Waals surface area contributed by atoms with Crippen molar-refractivity contribution in [3.63, 3.8) is 0 Å². The van der Waals surface area contributed by atoms with Gasteiger partial charge in [0.15, 0.2) is 0 Å². The molecule has 0 heterocycles. The van der Waals surface area contributed by atoms with E-state index in [4.69, 9.17) is 9.47 Å². The van der Waals surface area contributed by atoms with Crippen LogP contribution in [0.25, 0.3) is 0 Å². The quantitative estimate of drug-likeness (QED) is 0.515. The molecule has 0 radical (unpaired) electrons. The van der Waals surface area contributed by atoms with Crippen molar-refractivity contribution >= 4 is 23.8 Å². The fraction of sp³-hybridized carbons (Fsp3) is 0.667. The van der Waals surface area contributed by atoms with Crippen LogP contribution < -0.4 is 5.32 Å². The molecule has 1 amide bonds. The van der Waals surface area contributed by atoms with Gasteiger partial charge in [0.25, 0.3) is 0 Å². The monoisotopic (exact) mass is 275 g/mol. The molecule has 104 valence electrons. The second-order valence-electron chi connectivity index (χ2n) is 3.53. The predicted molar refractivity (Wildman–Crippen MR) is 72.7 cm³/mol. The fourth-order valence-corrected chi connectivity index (χ4v) is 1.58. The summed E-state index contributed by atoms with van der Waals surface area (Å²) < 4.78 is 9.79. The number of hydrogen-bond acceptors (Lipinski definition) is 5. The molecule has 0 spiro atoms. The van der Waals surface area contributed by atoms with Crippen molar-refractivity contribution in [2.75, 3.05) is 25.2 Å². The van der Waals surface area contributed by atoms with Crippen LogP contribution in [0.2, 0.25) is 0 Å². The highest BCUT2D eigenvalue weighted by Crippen LogP contribution is 2.03. The maximum absolute atomic E-state index is 11.7. The molecule has 0 aliphatic rings. The Labute approximate surface area is 112 Å². The molecule has 0 aliphatic carbocycles. The maximum Gasteiger partial charge on any atom is 0.408 e. The van der Waals surface area contributed by atoms with Gasteiger partial charge in [0.1, 0.15) is 12.6 Å². The Kier molecular flexibility index (Phi) is 10.2. The smallest absolute Gasteiger partial charge is 0.408 e. The van der Waals surface area contributed by atoms with Crippen LogP contribution in [0.5, 0.6) is 0 Å². The largest absolute Gasteiger partial charge is 0.464 e. The molecular formula is C12H21NO4S. The number of carbonyl (C=O) groups excluding carboxylic acids is 2. The number of carbonyl (C=O) groups is 2. The third-order valence-electron chi connectivity index (χ3n) is 1.97. The Morgan fingerprint density at radius 3 is 2.72 bits per heavy atom. The molecule has 0 bridgehead atoms. The molecule has 0 aromatic carbocycles. The van der Waals surface area contributed by atoms with E-state index in [1.807, 2.05) is 13.2 Å². The van der Waals surface area contributed by atoms with Crippen molar-refractivity contribution in [1.29, 1.82) is 0 Å². The number of thioether (sulfide) groups is 1. The summed E-state index contributed by atoms with van der Waals surface area (Å²) in [4.78, 5) is 23.1. The molecule has 0 fully saturated rings. The number of ether oxygens (including phenoxy) is 2. The van der Waals surface area contributed by atoms with Gasteiger partial charge in [0, 0.05) is 0 Å². The molecule has 0 aliphatic heterocycles. The van der Waals surface area contributed by atoms with Gasteiger partial charge in [-0.15, -0.1) is 0 Å². The molecule has 0 saturated carbocycles. The van der Waals surface area contributed by atoms with E-state index in [1.54, 1.807) is 11.8 Å². The van der Waals surface area contributed by atoms with Crippen molar-refractivity contribution in [3.8, 4) is 0 Å². The summed E-state index contributed by atoms with van der Waals surface area (Å²) in [5.41, 5.74) is 0. The lowest BCUT2D eigenvalue weighted by Crippen LogP contribution is -2.42. The molecule has 6 heteroatoms. The third-order valence-corrected chi connectivity index (χ3v) is 2.61. The van der Waals surface area contributed by atoms with Crippen molar-refractivity contribution in [2.45, 2.75) is 25.8 Å². The first-order valence-corrected chi connectivity index (χ1v) is 7.24. The standard InChI is InChI=1S/C12H21NO4S/c1-4-7-16-11(14)10(6-9-18-3)13-12(15)17-8-5-2/h5,10H,2,4,6-9H2,1,3H3,(H,13,15). The highest BCUT2D eigenvalue weighted by Gasteiger charge is 2.22. The van der Waals surface area contributed by atoms with Crippen molar-refractivity contribution < 1.29 is 19.1 Å². The summed E-state index contributed by atoms with van der Waals surface area (Å²) in [7, 11) is 0. The summed E-state index contributed by atoms with van der Waals surface area (Å²) in [5, 5.41) is 2.50. The average Bonchev–Trinajstić information content (AvgIpc) is 2.38. The number of amides is 1. The maximum atomic E-state index is 11.7. The van der Waals surface area contributed by atoms with Crippen LogP contribution in [-0.2, 0) is 14.3 Å². The number of nitrogens with one attached hydrogen (secondary N) is 1. The van der Waals surface area contributed by atoms with Crippen molar-refractivity contribution in [3.05, 3.63) is 12.7 Å². The summed E-state index contributed by atoms with van der Waals surface area (Å²) >= 11 is 1.60. The van der Waals surface area contributed by atoms with Crippen LogP contribution >= 0.6 is 11.8 Å². The normalized spacial score (nSPS) is 11.4. The SMILES string of the molecule is C=CCOC(=O)NC(CCSC)C(=O)OCCC. The first-order chi connectivity index (χ1) is 8.65.